The summed E-state index contributed by atoms with van der Waals surface area (Å²) in [6.07, 6.45) is 1.94. The minimum atomic E-state index is -1.05. The summed E-state index contributed by atoms with van der Waals surface area (Å²) in [4.78, 5) is 11.3. The summed E-state index contributed by atoms with van der Waals surface area (Å²) in [6, 6.07) is 6.25. The van der Waals surface area contributed by atoms with Crippen molar-refractivity contribution >= 4 is 11.8 Å². The van der Waals surface area contributed by atoms with E-state index in [1.54, 1.807) is 22.9 Å². The van der Waals surface area contributed by atoms with Crippen LogP contribution in [0.15, 0.2) is 30.5 Å². The maximum absolute atomic E-state index is 14.0. The minimum Gasteiger partial charge on any atom is -0.477 e. The molecule has 110 valence electrons. The normalized spacial score (nSPS) is 19.7. The molecule has 0 saturated carbocycles. The van der Waals surface area contributed by atoms with Crippen LogP contribution >= 0.6 is 0 Å². The summed E-state index contributed by atoms with van der Waals surface area (Å²) in [7, 11) is 0. The minimum absolute atomic E-state index is 0.101. The van der Waals surface area contributed by atoms with Gasteiger partial charge in [-0.15, -0.1) is 0 Å². The van der Waals surface area contributed by atoms with E-state index in [9.17, 15) is 14.3 Å². The van der Waals surface area contributed by atoms with Gasteiger partial charge >= 0.3 is 5.97 Å². The van der Waals surface area contributed by atoms with Gasteiger partial charge in [0.2, 0.25) is 0 Å². The third-order valence-electron chi connectivity index (χ3n) is 3.87. The number of aromatic nitrogens is 2. The number of anilines is 1. The van der Waals surface area contributed by atoms with Crippen LogP contribution in [0.1, 0.15) is 42.2 Å². The monoisotopic (exact) mass is 289 g/mol. The van der Waals surface area contributed by atoms with Crippen molar-refractivity contribution in [3.05, 3.63) is 47.4 Å². The lowest BCUT2D eigenvalue weighted by Gasteiger charge is -2.38. The Hall–Kier alpha value is -2.37. The molecule has 0 aliphatic carbocycles. The summed E-state index contributed by atoms with van der Waals surface area (Å²) < 4.78 is 15.7. The SMILES string of the molecule is CC1(C)CC(c2ccccc2F)Nc2c(C(=O)O)cnn21. The highest BCUT2D eigenvalue weighted by Crippen LogP contribution is 2.40. The molecule has 2 aromatic rings. The first-order valence-electron chi connectivity index (χ1n) is 6.73. The van der Waals surface area contributed by atoms with Crippen LogP contribution in [-0.4, -0.2) is 20.9 Å². The van der Waals surface area contributed by atoms with Crippen molar-refractivity contribution in [2.75, 3.05) is 5.32 Å². The van der Waals surface area contributed by atoms with Crippen molar-refractivity contribution < 1.29 is 14.3 Å². The fourth-order valence-corrected chi connectivity index (χ4v) is 2.85. The maximum atomic E-state index is 14.0. The first-order chi connectivity index (χ1) is 9.90. The van der Waals surface area contributed by atoms with Gasteiger partial charge in [-0.1, -0.05) is 18.2 Å². The summed E-state index contributed by atoms with van der Waals surface area (Å²) in [5.74, 6) is -0.920. The number of aromatic carboxylic acids is 1. The molecule has 1 aromatic heterocycles. The van der Waals surface area contributed by atoms with Crippen LogP contribution in [0.3, 0.4) is 0 Å². The highest BCUT2D eigenvalue weighted by atomic mass is 19.1. The van der Waals surface area contributed by atoms with Crippen LogP contribution in [0.2, 0.25) is 0 Å². The van der Waals surface area contributed by atoms with Crippen molar-refractivity contribution in [2.45, 2.75) is 31.8 Å². The predicted octanol–water partition coefficient (Wildman–Crippen LogP) is 3.01. The number of halogens is 1. The zero-order chi connectivity index (χ0) is 15.2. The Labute approximate surface area is 121 Å². The largest absolute Gasteiger partial charge is 0.477 e. The Balaban J connectivity index is 2.08. The van der Waals surface area contributed by atoms with Gasteiger partial charge in [-0.25, -0.2) is 13.9 Å². The first kappa shape index (κ1) is 13.6. The molecule has 0 fully saturated rings. The molecule has 1 aliphatic heterocycles. The van der Waals surface area contributed by atoms with Gasteiger partial charge in [0.1, 0.15) is 17.2 Å². The van der Waals surface area contributed by atoms with Crippen molar-refractivity contribution in [2.24, 2.45) is 0 Å². The van der Waals surface area contributed by atoms with Crippen molar-refractivity contribution in [1.82, 2.24) is 9.78 Å². The van der Waals surface area contributed by atoms with Crippen LogP contribution in [0.4, 0.5) is 10.2 Å². The molecule has 21 heavy (non-hydrogen) atoms. The number of nitrogens with one attached hydrogen (secondary N) is 1. The molecule has 1 aliphatic rings. The lowest BCUT2D eigenvalue weighted by atomic mass is 9.88. The lowest BCUT2D eigenvalue weighted by molar-refractivity contribution is 0.0697. The van der Waals surface area contributed by atoms with Gasteiger partial charge in [0.25, 0.3) is 0 Å². The van der Waals surface area contributed by atoms with Gasteiger partial charge < -0.3 is 10.4 Å². The number of hydrogen-bond acceptors (Lipinski definition) is 3. The molecule has 0 radical (unpaired) electrons. The second-order valence-corrected chi connectivity index (χ2v) is 5.86. The smallest absolute Gasteiger partial charge is 0.341 e. The summed E-state index contributed by atoms with van der Waals surface area (Å²) >= 11 is 0. The predicted molar refractivity (Wildman–Crippen MR) is 75.9 cm³/mol. The van der Waals surface area contributed by atoms with Gasteiger partial charge in [-0.2, -0.15) is 5.10 Å². The molecule has 0 amide bonds. The van der Waals surface area contributed by atoms with Crippen LogP contribution in [0.25, 0.3) is 0 Å². The summed E-state index contributed by atoms with van der Waals surface area (Å²) in [5, 5.41) is 16.5. The second kappa shape index (κ2) is 4.58. The van der Waals surface area contributed by atoms with Gasteiger partial charge in [0.05, 0.1) is 17.8 Å². The van der Waals surface area contributed by atoms with Crippen LogP contribution < -0.4 is 5.32 Å². The standard InChI is InChI=1S/C15H16FN3O2/c1-15(2)7-12(9-5-3-4-6-11(9)16)18-13-10(14(20)21)8-17-19(13)15/h3-6,8,12,18H,7H2,1-2H3,(H,20,21). The van der Waals surface area contributed by atoms with E-state index in [0.29, 0.717) is 17.8 Å². The summed E-state index contributed by atoms with van der Waals surface area (Å²) in [5.41, 5.74) is 0.236. The number of carbonyl (C=O) groups is 1. The number of rotatable bonds is 2. The average molecular weight is 289 g/mol. The molecule has 3 rings (SSSR count). The highest BCUT2D eigenvalue weighted by molar-refractivity contribution is 5.93. The molecule has 6 heteroatoms. The van der Waals surface area contributed by atoms with E-state index in [0.717, 1.165) is 0 Å². The van der Waals surface area contributed by atoms with Crippen molar-refractivity contribution in [1.29, 1.82) is 0 Å². The van der Waals surface area contributed by atoms with E-state index in [1.807, 2.05) is 13.8 Å². The van der Waals surface area contributed by atoms with E-state index in [2.05, 4.69) is 10.4 Å². The number of carboxylic acid groups (broad SMARTS) is 1. The molecule has 2 N–H and O–H groups in total. The molecule has 1 unspecified atom stereocenters. The Bertz CT molecular complexity index is 709. The Morgan fingerprint density at radius 3 is 2.86 bits per heavy atom. The fourth-order valence-electron chi connectivity index (χ4n) is 2.85. The third kappa shape index (κ3) is 2.16. The third-order valence-corrected chi connectivity index (χ3v) is 3.87. The molecule has 0 bridgehead atoms. The number of fused-ring (bicyclic) bond motifs is 1. The van der Waals surface area contributed by atoms with Crippen LogP contribution in [0, 0.1) is 5.82 Å². The van der Waals surface area contributed by atoms with E-state index < -0.39 is 11.5 Å². The zero-order valence-electron chi connectivity index (χ0n) is 11.8. The maximum Gasteiger partial charge on any atom is 0.341 e. The van der Waals surface area contributed by atoms with E-state index in [1.165, 1.54) is 12.3 Å². The average Bonchev–Trinajstić information content (AvgIpc) is 2.83. The molecule has 2 heterocycles. The van der Waals surface area contributed by atoms with Crippen molar-refractivity contribution in [3.63, 3.8) is 0 Å². The van der Waals surface area contributed by atoms with Gasteiger partial charge in [0.15, 0.2) is 0 Å². The Morgan fingerprint density at radius 1 is 1.48 bits per heavy atom. The van der Waals surface area contributed by atoms with E-state index in [4.69, 9.17) is 0 Å². The van der Waals surface area contributed by atoms with E-state index in [-0.39, 0.29) is 17.4 Å². The molecule has 1 aromatic carbocycles. The number of hydrogen-bond donors (Lipinski definition) is 2. The van der Waals surface area contributed by atoms with Crippen LogP contribution in [-0.2, 0) is 5.54 Å². The zero-order valence-corrected chi connectivity index (χ0v) is 11.8. The fraction of sp³-hybridized carbons (Fsp3) is 0.333. The molecule has 1 atom stereocenters. The number of nitrogens with zero attached hydrogens (tertiary/aromatic N) is 2. The lowest BCUT2D eigenvalue weighted by Crippen LogP contribution is -2.38. The Morgan fingerprint density at radius 2 is 2.19 bits per heavy atom. The molecule has 0 spiro atoms. The van der Waals surface area contributed by atoms with Gasteiger partial charge in [0, 0.05) is 5.56 Å². The first-order valence-corrected chi connectivity index (χ1v) is 6.73. The number of benzene rings is 1. The quantitative estimate of drug-likeness (QED) is 0.891. The number of carboxylic acids is 1. The second-order valence-electron chi connectivity index (χ2n) is 5.86. The molecular formula is C15H16FN3O2. The topological polar surface area (TPSA) is 67.2 Å². The molecular weight excluding hydrogens is 273 g/mol. The van der Waals surface area contributed by atoms with Gasteiger partial charge in [-0.3, -0.25) is 0 Å². The van der Waals surface area contributed by atoms with Crippen LogP contribution in [0.5, 0.6) is 0 Å². The van der Waals surface area contributed by atoms with Crippen molar-refractivity contribution in [3.8, 4) is 0 Å². The van der Waals surface area contributed by atoms with Gasteiger partial charge in [-0.05, 0) is 26.3 Å². The summed E-state index contributed by atoms with van der Waals surface area (Å²) in [6.45, 7) is 3.92. The Kier molecular flexibility index (Phi) is 2.97. The van der Waals surface area contributed by atoms with E-state index >= 15 is 0 Å². The molecule has 5 nitrogen and oxygen atoms in total. The molecule has 0 saturated heterocycles. The highest BCUT2D eigenvalue weighted by Gasteiger charge is 2.37.